The topological polar surface area (TPSA) is 20.3 Å². The second kappa shape index (κ2) is 3.40. The maximum atomic E-state index is 13.5. The first kappa shape index (κ1) is 9.19. The predicted molar refractivity (Wildman–Crippen MR) is 53.1 cm³/mol. The van der Waals surface area contributed by atoms with Gasteiger partial charge in [-0.2, -0.15) is 0 Å². The van der Waals surface area contributed by atoms with Gasteiger partial charge in [0, 0.05) is 37.2 Å². The van der Waals surface area contributed by atoms with E-state index >= 15 is 0 Å². The van der Waals surface area contributed by atoms with Gasteiger partial charge in [0.1, 0.15) is 12.1 Å². The van der Waals surface area contributed by atoms with Crippen molar-refractivity contribution in [3.8, 4) is 0 Å². The molecule has 1 aromatic carbocycles. The zero-order chi connectivity index (χ0) is 10.1. The highest BCUT2D eigenvalue weighted by Crippen LogP contribution is 2.38. The lowest BCUT2D eigenvalue weighted by molar-refractivity contribution is -0.108. The van der Waals surface area contributed by atoms with Gasteiger partial charge in [-0.1, -0.05) is 6.07 Å². The fraction of sp³-hybridized carbons (Fsp3) is 0.364. The molecule has 0 aromatic heterocycles. The second-order valence-corrected chi connectivity index (χ2v) is 3.65. The Morgan fingerprint density at radius 1 is 1.64 bits per heavy atom. The molecule has 1 aliphatic rings. The van der Waals surface area contributed by atoms with Crippen LogP contribution in [0.4, 0.5) is 10.1 Å². The van der Waals surface area contributed by atoms with Crippen molar-refractivity contribution < 1.29 is 9.18 Å². The van der Waals surface area contributed by atoms with Crippen LogP contribution in [0.3, 0.4) is 0 Å². The zero-order valence-corrected chi connectivity index (χ0v) is 8.03. The van der Waals surface area contributed by atoms with Crippen molar-refractivity contribution in [2.45, 2.75) is 12.3 Å². The van der Waals surface area contributed by atoms with Crippen molar-refractivity contribution >= 4 is 12.0 Å². The number of fused-ring (bicyclic) bond motifs is 1. The molecule has 3 heteroatoms. The van der Waals surface area contributed by atoms with Gasteiger partial charge in [-0.3, -0.25) is 0 Å². The Morgan fingerprint density at radius 2 is 2.43 bits per heavy atom. The van der Waals surface area contributed by atoms with Gasteiger partial charge in [-0.25, -0.2) is 4.39 Å². The Morgan fingerprint density at radius 3 is 3.14 bits per heavy atom. The molecule has 1 heterocycles. The maximum Gasteiger partial charge on any atom is 0.128 e. The van der Waals surface area contributed by atoms with Gasteiger partial charge in [0.15, 0.2) is 0 Å². The first-order valence-electron chi connectivity index (χ1n) is 4.67. The van der Waals surface area contributed by atoms with Crippen LogP contribution in [-0.4, -0.2) is 19.9 Å². The standard InChI is InChI=1S/C11H12FNO/c1-13-7-8(5-6-14)11-9(12)3-2-4-10(11)13/h2-4,6,8H,5,7H2,1H3. The smallest absolute Gasteiger partial charge is 0.128 e. The van der Waals surface area contributed by atoms with Crippen molar-refractivity contribution in [1.29, 1.82) is 0 Å². The van der Waals surface area contributed by atoms with E-state index in [0.717, 1.165) is 18.5 Å². The van der Waals surface area contributed by atoms with Crippen LogP contribution < -0.4 is 4.90 Å². The molecule has 1 aliphatic heterocycles. The number of aldehydes is 1. The molecule has 0 spiro atoms. The van der Waals surface area contributed by atoms with Crippen LogP contribution in [0.25, 0.3) is 0 Å². The van der Waals surface area contributed by atoms with Crippen molar-refractivity contribution in [3.63, 3.8) is 0 Å². The Hall–Kier alpha value is -1.38. The molecule has 14 heavy (non-hydrogen) atoms. The summed E-state index contributed by atoms with van der Waals surface area (Å²) >= 11 is 0. The van der Waals surface area contributed by atoms with Crippen molar-refractivity contribution in [3.05, 3.63) is 29.6 Å². The molecule has 0 radical (unpaired) electrons. The van der Waals surface area contributed by atoms with E-state index in [4.69, 9.17) is 0 Å². The van der Waals surface area contributed by atoms with Gasteiger partial charge in [0.25, 0.3) is 0 Å². The fourth-order valence-corrected chi connectivity index (χ4v) is 2.09. The summed E-state index contributed by atoms with van der Waals surface area (Å²) in [6, 6.07) is 5.05. The highest BCUT2D eigenvalue weighted by molar-refractivity contribution is 5.63. The van der Waals surface area contributed by atoms with E-state index in [-0.39, 0.29) is 11.7 Å². The number of hydrogen-bond donors (Lipinski definition) is 0. The first-order valence-corrected chi connectivity index (χ1v) is 4.67. The first-order chi connectivity index (χ1) is 6.74. The Bertz CT molecular complexity index is 364. The Kier molecular flexibility index (Phi) is 2.23. The Balaban J connectivity index is 2.45. The lowest BCUT2D eigenvalue weighted by atomic mass is 9.98. The van der Waals surface area contributed by atoms with Crippen molar-refractivity contribution in [2.24, 2.45) is 0 Å². The number of anilines is 1. The van der Waals surface area contributed by atoms with E-state index in [1.165, 1.54) is 6.07 Å². The van der Waals surface area contributed by atoms with E-state index < -0.39 is 0 Å². The molecule has 0 amide bonds. The molecule has 1 atom stereocenters. The number of halogens is 1. The van der Waals surface area contributed by atoms with E-state index in [9.17, 15) is 9.18 Å². The van der Waals surface area contributed by atoms with Crippen molar-refractivity contribution in [2.75, 3.05) is 18.5 Å². The van der Waals surface area contributed by atoms with E-state index in [1.54, 1.807) is 6.07 Å². The summed E-state index contributed by atoms with van der Waals surface area (Å²) in [6.07, 6.45) is 1.26. The summed E-state index contributed by atoms with van der Waals surface area (Å²) in [5.41, 5.74) is 1.61. The van der Waals surface area contributed by atoms with Gasteiger partial charge < -0.3 is 9.69 Å². The van der Waals surface area contributed by atoms with Gasteiger partial charge in [-0.05, 0) is 12.1 Å². The molecule has 1 unspecified atom stereocenters. The summed E-state index contributed by atoms with van der Waals surface area (Å²) in [5, 5.41) is 0. The normalized spacial score (nSPS) is 19.6. The highest BCUT2D eigenvalue weighted by Gasteiger charge is 2.28. The molecule has 0 N–H and O–H groups in total. The minimum Gasteiger partial charge on any atom is -0.374 e. The van der Waals surface area contributed by atoms with Gasteiger partial charge in [0.05, 0.1) is 0 Å². The van der Waals surface area contributed by atoms with Crippen LogP contribution in [0.15, 0.2) is 18.2 Å². The van der Waals surface area contributed by atoms with Gasteiger partial charge in [-0.15, -0.1) is 0 Å². The molecule has 0 aliphatic carbocycles. The summed E-state index contributed by atoms with van der Waals surface area (Å²) in [6.45, 7) is 0.731. The minimum absolute atomic E-state index is 0.0219. The molecule has 1 aromatic rings. The van der Waals surface area contributed by atoms with E-state index in [1.807, 2.05) is 18.0 Å². The third-order valence-electron chi connectivity index (χ3n) is 2.72. The SMILES string of the molecule is CN1CC(CC=O)c2c(F)cccc21. The average molecular weight is 193 g/mol. The minimum atomic E-state index is -0.196. The second-order valence-electron chi connectivity index (χ2n) is 3.65. The summed E-state index contributed by atoms with van der Waals surface area (Å²) in [5.74, 6) is -0.174. The molecule has 0 fully saturated rings. The van der Waals surface area contributed by atoms with Crippen LogP contribution in [0.1, 0.15) is 17.9 Å². The average Bonchev–Trinajstić information content (AvgIpc) is 2.46. The molecule has 2 rings (SSSR count). The zero-order valence-electron chi connectivity index (χ0n) is 8.03. The highest BCUT2D eigenvalue weighted by atomic mass is 19.1. The third-order valence-corrected chi connectivity index (χ3v) is 2.72. The number of hydrogen-bond acceptors (Lipinski definition) is 2. The quantitative estimate of drug-likeness (QED) is 0.669. The maximum absolute atomic E-state index is 13.5. The molecule has 0 bridgehead atoms. The van der Waals surface area contributed by atoms with Crippen LogP contribution in [0.2, 0.25) is 0 Å². The van der Waals surface area contributed by atoms with Gasteiger partial charge >= 0.3 is 0 Å². The number of nitrogens with zero attached hydrogens (tertiary/aromatic N) is 1. The Labute approximate surface area is 82.3 Å². The largest absolute Gasteiger partial charge is 0.374 e. The predicted octanol–water partition coefficient (Wildman–Crippen LogP) is 1.95. The molecule has 74 valence electrons. The molecule has 2 nitrogen and oxygen atoms in total. The van der Waals surface area contributed by atoms with Crippen LogP contribution in [0, 0.1) is 5.82 Å². The van der Waals surface area contributed by atoms with Gasteiger partial charge in [0.2, 0.25) is 0 Å². The van der Waals surface area contributed by atoms with E-state index in [0.29, 0.717) is 12.0 Å². The molecular weight excluding hydrogens is 181 g/mol. The summed E-state index contributed by atoms with van der Waals surface area (Å²) < 4.78 is 13.5. The lowest BCUT2D eigenvalue weighted by Gasteiger charge is -2.11. The summed E-state index contributed by atoms with van der Waals surface area (Å²) in [7, 11) is 1.92. The monoisotopic (exact) mass is 193 g/mol. The number of rotatable bonds is 2. The van der Waals surface area contributed by atoms with Crippen LogP contribution in [0.5, 0.6) is 0 Å². The lowest BCUT2D eigenvalue weighted by Crippen LogP contribution is -2.15. The summed E-state index contributed by atoms with van der Waals surface area (Å²) in [4.78, 5) is 12.4. The third kappa shape index (κ3) is 1.29. The number of carbonyl (C=O) groups excluding carboxylic acids is 1. The van der Waals surface area contributed by atoms with Crippen molar-refractivity contribution in [1.82, 2.24) is 0 Å². The fourth-order valence-electron chi connectivity index (χ4n) is 2.09. The molecular formula is C11H12FNO. The molecule has 0 saturated carbocycles. The molecule has 0 saturated heterocycles. The number of carbonyl (C=O) groups is 1. The number of benzene rings is 1. The number of likely N-dealkylation sites (N-methyl/N-ethyl adjacent to an activating group) is 1. The van der Waals surface area contributed by atoms with Crippen LogP contribution >= 0.6 is 0 Å². The van der Waals surface area contributed by atoms with Crippen LogP contribution in [-0.2, 0) is 4.79 Å². The van der Waals surface area contributed by atoms with E-state index in [2.05, 4.69) is 0 Å².